The summed E-state index contributed by atoms with van der Waals surface area (Å²) in [4.78, 5) is 0. The summed E-state index contributed by atoms with van der Waals surface area (Å²) in [5.41, 5.74) is 6.10. The first-order valence-corrected chi connectivity index (χ1v) is 9.04. The van der Waals surface area contributed by atoms with Gasteiger partial charge >= 0.3 is 0 Å². The van der Waals surface area contributed by atoms with E-state index in [1.807, 2.05) is 0 Å². The fraction of sp³-hybridized carbons (Fsp3) is 0.200. The number of nitrogens with zero attached hydrogens (tertiary/aromatic N) is 1. The van der Waals surface area contributed by atoms with Crippen molar-refractivity contribution in [3.8, 4) is 11.8 Å². The molecule has 0 aliphatic heterocycles. The number of para-hydroxylation sites is 1. The Balaban J connectivity index is 1.82. The van der Waals surface area contributed by atoms with Crippen LogP contribution in [0.3, 0.4) is 0 Å². The van der Waals surface area contributed by atoms with Crippen LogP contribution in [0, 0.1) is 11.8 Å². The van der Waals surface area contributed by atoms with Crippen molar-refractivity contribution >= 4 is 21.8 Å². The SMILES string of the molecule is Cn1c2ccccc2c2c(C#Cc3ccc(C(C)(C)C)cc3)cccc21. The molecule has 0 spiro atoms. The van der Waals surface area contributed by atoms with Crippen molar-refractivity contribution in [2.45, 2.75) is 26.2 Å². The Morgan fingerprint density at radius 1 is 0.731 bits per heavy atom. The average Bonchev–Trinajstić information content (AvgIpc) is 2.93. The van der Waals surface area contributed by atoms with Gasteiger partial charge in [0.15, 0.2) is 0 Å². The highest BCUT2D eigenvalue weighted by Gasteiger charge is 2.12. The van der Waals surface area contributed by atoms with Crippen LogP contribution in [0.4, 0.5) is 0 Å². The highest BCUT2D eigenvalue weighted by molar-refractivity contribution is 6.10. The van der Waals surface area contributed by atoms with Crippen molar-refractivity contribution < 1.29 is 0 Å². The highest BCUT2D eigenvalue weighted by atomic mass is 14.9. The Morgan fingerprint density at radius 2 is 1.42 bits per heavy atom. The van der Waals surface area contributed by atoms with E-state index in [1.165, 1.54) is 27.4 Å². The van der Waals surface area contributed by atoms with Crippen LogP contribution in [0.2, 0.25) is 0 Å². The standard InChI is InChI=1S/C25H23N/c1-25(2,3)20-16-13-18(14-17-20)12-15-19-8-7-11-23-24(19)21-9-5-6-10-22(21)26(23)4/h5-11,13-14,16-17H,1-4H3. The quantitative estimate of drug-likeness (QED) is 0.345. The molecule has 0 amide bonds. The lowest BCUT2D eigenvalue weighted by molar-refractivity contribution is 0.590. The average molecular weight is 337 g/mol. The maximum atomic E-state index is 3.40. The molecule has 4 rings (SSSR count). The molecular formula is C25H23N. The topological polar surface area (TPSA) is 4.93 Å². The first-order chi connectivity index (χ1) is 12.4. The lowest BCUT2D eigenvalue weighted by Gasteiger charge is -2.18. The van der Waals surface area contributed by atoms with Crippen LogP contribution in [0.1, 0.15) is 37.5 Å². The number of aromatic nitrogens is 1. The van der Waals surface area contributed by atoms with E-state index in [0.717, 1.165) is 11.1 Å². The van der Waals surface area contributed by atoms with Crippen molar-refractivity contribution in [3.63, 3.8) is 0 Å². The molecule has 128 valence electrons. The minimum absolute atomic E-state index is 0.167. The fourth-order valence-corrected chi connectivity index (χ4v) is 3.51. The predicted molar refractivity (Wildman–Crippen MR) is 112 cm³/mol. The Morgan fingerprint density at radius 3 is 2.15 bits per heavy atom. The number of benzene rings is 3. The molecule has 26 heavy (non-hydrogen) atoms. The smallest absolute Gasteiger partial charge is 0.0501 e. The van der Waals surface area contributed by atoms with E-state index in [1.54, 1.807) is 0 Å². The molecular weight excluding hydrogens is 314 g/mol. The molecule has 0 saturated carbocycles. The Labute approximate surface area is 155 Å². The molecule has 1 aromatic heterocycles. The summed E-state index contributed by atoms with van der Waals surface area (Å²) in [5, 5.41) is 2.50. The molecule has 0 bridgehead atoms. The van der Waals surface area contributed by atoms with E-state index in [4.69, 9.17) is 0 Å². The Hall–Kier alpha value is -2.98. The van der Waals surface area contributed by atoms with Gasteiger partial charge in [-0.2, -0.15) is 0 Å². The van der Waals surface area contributed by atoms with Crippen molar-refractivity contribution in [2.24, 2.45) is 7.05 Å². The molecule has 0 aliphatic carbocycles. The number of rotatable bonds is 0. The second-order valence-corrected chi connectivity index (χ2v) is 7.85. The summed E-state index contributed by atoms with van der Waals surface area (Å²) in [5.74, 6) is 6.75. The zero-order valence-electron chi connectivity index (χ0n) is 15.8. The Bertz CT molecular complexity index is 1160. The van der Waals surface area contributed by atoms with Crippen LogP contribution in [0.5, 0.6) is 0 Å². The van der Waals surface area contributed by atoms with E-state index in [2.05, 4.69) is 111 Å². The number of fused-ring (bicyclic) bond motifs is 3. The maximum Gasteiger partial charge on any atom is 0.0501 e. The van der Waals surface area contributed by atoms with Gasteiger partial charge in [-0.05, 0) is 41.3 Å². The van der Waals surface area contributed by atoms with Gasteiger partial charge in [-0.15, -0.1) is 0 Å². The number of aryl methyl sites for hydroxylation is 1. The monoisotopic (exact) mass is 337 g/mol. The highest BCUT2D eigenvalue weighted by Crippen LogP contribution is 2.30. The number of hydrogen-bond donors (Lipinski definition) is 0. The zero-order valence-corrected chi connectivity index (χ0v) is 15.8. The molecule has 0 saturated heterocycles. The first kappa shape index (κ1) is 16.5. The van der Waals surface area contributed by atoms with Crippen LogP contribution >= 0.6 is 0 Å². The minimum Gasteiger partial charge on any atom is -0.344 e. The lowest BCUT2D eigenvalue weighted by atomic mass is 9.87. The summed E-state index contributed by atoms with van der Waals surface area (Å²) in [7, 11) is 2.12. The summed E-state index contributed by atoms with van der Waals surface area (Å²) >= 11 is 0. The van der Waals surface area contributed by atoms with E-state index < -0.39 is 0 Å². The molecule has 0 radical (unpaired) electrons. The molecule has 0 atom stereocenters. The van der Waals surface area contributed by atoms with E-state index in [0.29, 0.717) is 0 Å². The largest absolute Gasteiger partial charge is 0.344 e. The summed E-state index contributed by atoms with van der Waals surface area (Å²) in [6.45, 7) is 6.69. The molecule has 0 N–H and O–H groups in total. The molecule has 4 aromatic rings. The van der Waals surface area contributed by atoms with Crippen LogP contribution in [0.15, 0.2) is 66.7 Å². The van der Waals surface area contributed by atoms with Crippen molar-refractivity contribution in [3.05, 3.63) is 83.4 Å². The van der Waals surface area contributed by atoms with Crippen LogP contribution in [-0.2, 0) is 12.5 Å². The van der Waals surface area contributed by atoms with Gasteiger partial charge in [0.05, 0.1) is 5.52 Å². The minimum atomic E-state index is 0.167. The second-order valence-electron chi connectivity index (χ2n) is 7.85. The van der Waals surface area contributed by atoms with Crippen molar-refractivity contribution in [1.82, 2.24) is 4.57 Å². The summed E-state index contributed by atoms with van der Waals surface area (Å²) < 4.78 is 2.24. The fourth-order valence-electron chi connectivity index (χ4n) is 3.51. The van der Waals surface area contributed by atoms with Crippen LogP contribution in [0.25, 0.3) is 21.8 Å². The van der Waals surface area contributed by atoms with Gasteiger partial charge in [0, 0.05) is 34.5 Å². The molecule has 3 aromatic carbocycles. The molecule has 0 aliphatic rings. The van der Waals surface area contributed by atoms with Gasteiger partial charge in [0.25, 0.3) is 0 Å². The molecule has 1 heterocycles. The molecule has 0 unspecified atom stereocenters. The zero-order chi connectivity index (χ0) is 18.3. The molecule has 0 fully saturated rings. The molecule has 1 heteroatoms. The van der Waals surface area contributed by atoms with Crippen molar-refractivity contribution in [1.29, 1.82) is 0 Å². The van der Waals surface area contributed by atoms with Gasteiger partial charge < -0.3 is 4.57 Å². The Kier molecular flexibility index (Phi) is 3.85. The number of hydrogen-bond acceptors (Lipinski definition) is 0. The van der Waals surface area contributed by atoms with E-state index >= 15 is 0 Å². The third-order valence-corrected chi connectivity index (χ3v) is 5.03. The third-order valence-electron chi connectivity index (χ3n) is 5.03. The van der Waals surface area contributed by atoms with Gasteiger partial charge in [0.1, 0.15) is 0 Å². The van der Waals surface area contributed by atoms with E-state index in [9.17, 15) is 0 Å². The summed E-state index contributed by atoms with van der Waals surface area (Å²) in [6.07, 6.45) is 0. The maximum absolute atomic E-state index is 3.40. The normalized spacial score (nSPS) is 11.5. The van der Waals surface area contributed by atoms with E-state index in [-0.39, 0.29) is 5.41 Å². The second kappa shape index (κ2) is 6.07. The molecule has 1 nitrogen and oxygen atoms in total. The van der Waals surface area contributed by atoms with Crippen molar-refractivity contribution in [2.75, 3.05) is 0 Å². The lowest BCUT2D eigenvalue weighted by Crippen LogP contribution is -2.10. The van der Waals surface area contributed by atoms with Gasteiger partial charge in [-0.3, -0.25) is 0 Å². The summed E-state index contributed by atoms with van der Waals surface area (Å²) in [6, 6.07) is 23.5. The van der Waals surface area contributed by atoms with Gasteiger partial charge in [0.2, 0.25) is 0 Å². The van der Waals surface area contributed by atoms with Gasteiger partial charge in [-0.1, -0.05) is 69.0 Å². The van der Waals surface area contributed by atoms with Crippen LogP contribution in [-0.4, -0.2) is 4.57 Å². The van der Waals surface area contributed by atoms with Gasteiger partial charge in [-0.25, -0.2) is 0 Å². The predicted octanol–water partition coefficient (Wildman–Crippen LogP) is 6.03. The van der Waals surface area contributed by atoms with Crippen LogP contribution < -0.4 is 0 Å². The third kappa shape index (κ3) is 2.78. The first-order valence-electron chi connectivity index (χ1n) is 9.04.